The number of aliphatic hydroxyl groups excluding tert-OH is 1. The summed E-state index contributed by atoms with van der Waals surface area (Å²) in [5, 5.41) is 8.72. The Morgan fingerprint density at radius 2 is 1.81 bits per heavy atom. The van der Waals surface area contributed by atoms with E-state index in [1.165, 1.54) is 16.8 Å². The summed E-state index contributed by atoms with van der Waals surface area (Å²) in [6.45, 7) is 0.628. The molecule has 21 heavy (non-hydrogen) atoms. The van der Waals surface area contributed by atoms with Crippen molar-refractivity contribution in [1.29, 1.82) is 0 Å². The minimum absolute atomic E-state index is 0.0343. The predicted octanol–water partition coefficient (Wildman–Crippen LogP) is 1.10. The van der Waals surface area contributed by atoms with Gasteiger partial charge in [0.2, 0.25) is 5.91 Å². The van der Waals surface area contributed by atoms with Crippen LogP contribution in [0.2, 0.25) is 0 Å². The number of ether oxygens (including phenoxy) is 1. The van der Waals surface area contributed by atoms with E-state index in [0.717, 1.165) is 5.56 Å². The molecular formula is C15H22N2O4. The third-order valence-corrected chi connectivity index (χ3v) is 2.97. The lowest BCUT2D eigenvalue weighted by Gasteiger charge is -2.21. The number of carbonyl (C=O) groups is 2. The van der Waals surface area contributed by atoms with Gasteiger partial charge >= 0.3 is 6.09 Å². The number of amides is 2. The number of benzene rings is 1. The van der Waals surface area contributed by atoms with Crippen molar-refractivity contribution in [3.63, 3.8) is 0 Å². The highest BCUT2D eigenvalue weighted by atomic mass is 16.6. The molecule has 0 unspecified atom stereocenters. The maximum atomic E-state index is 11.8. The molecule has 0 heterocycles. The SMILES string of the molecule is CN(CCCO)C(=O)CN(C)C(=O)OCc1ccccc1. The fraction of sp³-hybridized carbons (Fsp3) is 0.467. The first kappa shape index (κ1) is 17.0. The van der Waals surface area contributed by atoms with Gasteiger partial charge in [-0.3, -0.25) is 4.79 Å². The number of likely N-dealkylation sites (N-methyl/N-ethyl adjacent to an activating group) is 2. The van der Waals surface area contributed by atoms with Crippen molar-refractivity contribution in [3.05, 3.63) is 35.9 Å². The van der Waals surface area contributed by atoms with Crippen LogP contribution in [-0.4, -0.2) is 60.7 Å². The topological polar surface area (TPSA) is 70.1 Å². The van der Waals surface area contributed by atoms with E-state index in [0.29, 0.717) is 13.0 Å². The number of hydrogen-bond acceptors (Lipinski definition) is 4. The molecular weight excluding hydrogens is 272 g/mol. The number of carbonyl (C=O) groups excluding carboxylic acids is 2. The Balaban J connectivity index is 2.35. The monoisotopic (exact) mass is 294 g/mol. The van der Waals surface area contributed by atoms with Crippen LogP contribution in [-0.2, 0) is 16.1 Å². The van der Waals surface area contributed by atoms with Crippen molar-refractivity contribution in [3.8, 4) is 0 Å². The second-order valence-electron chi connectivity index (χ2n) is 4.79. The summed E-state index contributed by atoms with van der Waals surface area (Å²) in [4.78, 5) is 26.3. The van der Waals surface area contributed by atoms with Gasteiger partial charge in [0.1, 0.15) is 13.2 Å². The van der Waals surface area contributed by atoms with Gasteiger partial charge in [-0.1, -0.05) is 30.3 Å². The summed E-state index contributed by atoms with van der Waals surface area (Å²) in [6.07, 6.45) is -0.0208. The smallest absolute Gasteiger partial charge is 0.410 e. The summed E-state index contributed by atoms with van der Waals surface area (Å²) >= 11 is 0. The second kappa shape index (κ2) is 8.97. The van der Waals surface area contributed by atoms with Crippen LogP contribution in [0.5, 0.6) is 0 Å². The molecule has 0 spiro atoms. The van der Waals surface area contributed by atoms with Crippen LogP contribution in [0.25, 0.3) is 0 Å². The Morgan fingerprint density at radius 1 is 1.14 bits per heavy atom. The van der Waals surface area contributed by atoms with E-state index in [2.05, 4.69) is 0 Å². The molecule has 0 fully saturated rings. The summed E-state index contributed by atoms with van der Waals surface area (Å²) in [5.74, 6) is -0.192. The fourth-order valence-electron chi connectivity index (χ4n) is 1.65. The van der Waals surface area contributed by atoms with E-state index < -0.39 is 6.09 Å². The minimum Gasteiger partial charge on any atom is -0.445 e. The first-order valence-electron chi connectivity index (χ1n) is 6.81. The van der Waals surface area contributed by atoms with E-state index in [4.69, 9.17) is 9.84 Å². The average molecular weight is 294 g/mol. The van der Waals surface area contributed by atoms with Crippen molar-refractivity contribution in [1.82, 2.24) is 9.80 Å². The molecule has 1 aromatic rings. The van der Waals surface area contributed by atoms with E-state index in [9.17, 15) is 9.59 Å². The highest BCUT2D eigenvalue weighted by Gasteiger charge is 2.16. The lowest BCUT2D eigenvalue weighted by molar-refractivity contribution is -0.130. The third-order valence-electron chi connectivity index (χ3n) is 2.97. The molecule has 0 bridgehead atoms. The molecule has 1 aromatic carbocycles. The molecule has 2 amide bonds. The molecule has 0 aromatic heterocycles. The van der Waals surface area contributed by atoms with Gasteiger partial charge in [-0.15, -0.1) is 0 Å². The zero-order chi connectivity index (χ0) is 15.7. The van der Waals surface area contributed by atoms with Crippen molar-refractivity contribution >= 4 is 12.0 Å². The molecule has 0 aliphatic carbocycles. The number of hydrogen-bond donors (Lipinski definition) is 1. The Bertz CT molecular complexity index is 450. The van der Waals surface area contributed by atoms with Gasteiger partial charge in [0.25, 0.3) is 0 Å². The van der Waals surface area contributed by atoms with Crippen LogP contribution in [0.1, 0.15) is 12.0 Å². The number of aliphatic hydroxyl groups is 1. The highest BCUT2D eigenvalue weighted by molar-refractivity contribution is 5.82. The van der Waals surface area contributed by atoms with Crippen LogP contribution in [0.15, 0.2) is 30.3 Å². The lowest BCUT2D eigenvalue weighted by atomic mass is 10.2. The quantitative estimate of drug-likeness (QED) is 0.817. The molecule has 6 heteroatoms. The molecule has 0 atom stereocenters. The first-order chi connectivity index (χ1) is 10.0. The minimum atomic E-state index is -0.539. The van der Waals surface area contributed by atoms with Crippen LogP contribution in [0.3, 0.4) is 0 Å². The lowest BCUT2D eigenvalue weighted by Crippen LogP contribution is -2.40. The molecule has 6 nitrogen and oxygen atoms in total. The van der Waals surface area contributed by atoms with Gasteiger partial charge in [0, 0.05) is 27.2 Å². The Labute approximate surface area is 124 Å². The number of nitrogens with zero attached hydrogens (tertiary/aromatic N) is 2. The largest absolute Gasteiger partial charge is 0.445 e. The van der Waals surface area contributed by atoms with E-state index in [1.54, 1.807) is 7.05 Å². The Hall–Kier alpha value is -2.08. The first-order valence-corrected chi connectivity index (χ1v) is 6.81. The van der Waals surface area contributed by atoms with Gasteiger partial charge in [-0.25, -0.2) is 4.79 Å². The summed E-state index contributed by atoms with van der Waals surface area (Å²) in [6, 6.07) is 9.35. The molecule has 0 aliphatic heterocycles. The molecule has 0 radical (unpaired) electrons. The van der Waals surface area contributed by atoms with E-state index in [1.807, 2.05) is 30.3 Å². The molecule has 0 saturated heterocycles. The predicted molar refractivity (Wildman–Crippen MR) is 78.6 cm³/mol. The normalized spacial score (nSPS) is 10.0. The zero-order valence-electron chi connectivity index (χ0n) is 12.5. The van der Waals surface area contributed by atoms with Crippen molar-refractivity contribution in [2.45, 2.75) is 13.0 Å². The second-order valence-corrected chi connectivity index (χ2v) is 4.79. The van der Waals surface area contributed by atoms with Crippen molar-refractivity contribution < 1.29 is 19.4 Å². The standard InChI is InChI=1S/C15H22N2O4/c1-16(9-6-10-18)14(19)11-17(2)15(20)21-12-13-7-4-3-5-8-13/h3-5,7-8,18H,6,9-12H2,1-2H3. The van der Waals surface area contributed by atoms with Gasteiger partial charge in [0.05, 0.1) is 0 Å². The van der Waals surface area contributed by atoms with Crippen molar-refractivity contribution in [2.24, 2.45) is 0 Å². The molecule has 116 valence electrons. The van der Waals surface area contributed by atoms with Gasteiger partial charge < -0.3 is 19.6 Å². The maximum absolute atomic E-state index is 11.8. The molecule has 1 N–H and O–H groups in total. The van der Waals surface area contributed by atoms with Gasteiger partial charge in [0.15, 0.2) is 0 Å². The Morgan fingerprint density at radius 3 is 2.43 bits per heavy atom. The average Bonchev–Trinajstić information content (AvgIpc) is 2.50. The fourth-order valence-corrected chi connectivity index (χ4v) is 1.65. The molecule has 1 rings (SSSR count). The molecule has 0 saturated carbocycles. The van der Waals surface area contributed by atoms with Crippen LogP contribution < -0.4 is 0 Å². The van der Waals surface area contributed by atoms with Gasteiger partial charge in [-0.05, 0) is 12.0 Å². The third kappa shape index (κ3) is 6.27. The molecule has 0 aliphatic rings. The van der Waals surface area contributed by atoms with E-state index in [-0.39, 0.29) is 25.7 Å². The zero-order valence-corrected chi connectivity index (χ0v) is 12.5. The summed E-state index contributed by atoms with van der Waals surface area (Å²) in [7, 11) is 3.16. The summed E-state index contributed by atoms with van der Waals surface area (Å²) < 4.78 is 5.13. The van der Waals surface area contributed by atoms with Crippen LogP contribution >= 0.6 is 0 Å². The van der Waals surface area contributed by atoms with Crippen molar-refractivity contribution in [2.75, 3.05) is 33.8 Å². The maximum Gasteiger partial charge on any atom is 0.410 e. The van der Waals surface area contributed by atoms with E-state index >= 15 is 0 Å². The number of rotatable bonds is 7. The summed E-state index contributed by atoms with van der Waals surface area (Å²) in [5.41, 5.74) is 0.894. The van der Waals surface area contributed by atoms with Crippen LogP contribution in [0, 0.1) is 0 Å². The van der Waals surface area contributed by atoms with Gasteiger partial charge in [-0.2, -0.15) is 0 Å². The van der Waals surface area contributed by atoms with Crippen LogP contribution in [0.4, 0.5) is 4.79 Å². The Kier molecular flexibility index (Phi) is 7.25. The highest BCUT2D eigenvalue weighted by Crippen LogP contribution is 2.02.